The summed E-state index contributed by atoms with van der Waals surface area (Å²) < 4.78 is 5.65. The molecule has 11 heteroatoms. The first-order valence-electron chi connectivity index (χ1n) is 8.90. The number of hydrogen-bond donors (Lipinski definition) is 1. The average Bonchev–Trinajstić information content (AvgIpc) is 2.86. The Balaban J connectivity index is 1.57. The number of likely N-dealkylation sites (N-methyl/N-ethyl adjacent to an activating group) is 1. The fourth-order valence-electron chi connectivity index (χ4n) is 2.95. The highest BCUT2D eigenvalue weighted by atomic mass is 35.5. The Bertz CT molecular complexity index is 1130. The molecule has 4 rings (SSSR count). The highest BCUT2D eigenvalue weighted by molar-refractivity contribution is 6.30. The van der Waals surface area contributed by atoms with Gasteiger partial charge >= 0.3 is 0 Å². The van der Waals surface area contributed by atoms with Crippen molar-refractivity contribution in [3.05, 3.63) is 53.6 Å². The van der Waals surface area contributed by atoms with Crippen molar-refractivity contribution >= 4 is 29.2 Å². The minimum atomic E-state index is -0.955. The molecule has 0 bridgehead atoms. The number of ether oxygens (including phenoxy) is 1. The van der Waals surface area contributed by atoms with Gasteiger partial charge in [0.15, 0.2) is 11.6 Å². The summed E-state index contributed by atoms with van der Waals surface area (Å²) in [4.78, 5) is 47.4. The van der Waals surface area contributed by atoms with Crippen LogP contribution in [0.2, 0.25) is 5.02 Å². The molecule has 1 aliphatic heterocycles. The van der Waals surface area contributed by atoms with Crippen LogP contribution in [0, 0.1) is 6.92 Å². The number of aromatic nitrogens is 5. The molecule has 3 aromatic heterocycles. The summed E-state index contributed by atoms with van der Waals surface area (Å²) in [5.41, 5.74) is 1.94. The lowest BCUT2D eigenvalue weighted by atomic mass is 10.1. The number of carbonyl (C=O) groups is 2. The lowest BCUT2D eigenvalue weighted by molar-refractivity contribution is -0.120. The van der Waals surface area contributed by atoms with Crippen LogP contribution in [0.15, 0.2) is 37.2 Å². The normalized spacial score (nSPS) is 15.8. The van der Waals surface area contributed by atoms with Gasteiger partial charge in [0.25, 0.3) is 11.8 Å². The molecular formula is C19H16ClN7O3. The molecule has 0 aromatic carbocycles. The molecular weight excluding hydrogens is 410 g/mol. The molecule has 0 unspecified atom stereocenters. The van der Waals surface area contributed by atoms with E-state index in [1.165, 1.54) is 23.6 Å². The molecule has 3 aromatic rings. The maximum absolute atomic E-state index is 12.8. The third-order valence-corrected chi connectivity index (χ3v) is 4.67. The number of nitrogens with zero attached hydrogens (tertiary/aromatic N) is 6. The van der Waals surface area contributed by atoms with E-state index < -0.39 is 11.9 Å². The predicted octanol–water partition coefficient (Wildman–Crippen LogP) is 1.44. The van der Waals surface area contributed by atoms with Gasteiger partial charge in [0, 0.05) is 43.5 Å². The summed E-state index contributed by atoms with van der Waals surface area (Å²) in [6.07, 6.45) is 7.54. The van der Waals surface area contributed by atoms with E-state index in [1.807, 2.05) is 6.92 Å². The maximum atomic E-state index is 12.8. The van der Waals surface area contributed by atoms with Gasteiger partial charge in [0.05, 0.1) is 10.7 Å². The number of halogens is 1. The largest absolute Gasteiger partial charge is 0.487 e. The van der Waals surface area contributed by atoms with E-state index in [4.69, 9.17) is 16.3 Å². The summed E-state index contributed by atoms with van der Waals surface area (Å²) >= 11 is 5.95. The molecule has 152 valence electrons. The topological polar surface area (TPSA) is 123 Å². The zero-order valence-corrected chi connectivity index (χ0v) is 16.8. The van der Waals surface area contributed by atoms with Gasteiger partial charge in [-0.25, -0.2) is 24.9 Å². The van der Waals surface area contributed by atoms with E-state index in [0.29, 0.717) is 27.8 Å². The fraction of sp³-hybridized carbons (Fsp3) is 0.211. The van der Waals surface area contributed by atoms with E-state index in [2.05, 4.69) is 30.2 Å². The monoisotopic (exact) mass is 425 g/mol. The van der Waals surface area contributed by atoms with Crippen molar-refractivity contribution in [1.29, 1.82) is 0 Å². The van der Waals surface area contributed by atoms with E-state index in [9.17, 15) is 9.59 Å². The number of aryl methyl sites for hydroxylation is 1. The van der Waals surface area contributed by atoms with E-state index >= 15 is 0 Å². The maximum Gasteiger partial charge on any atom is 0.289 e. The number of rotatable bonds is 3. The van der Waals surface area contributed by atoms with Crippen molar-refractivity contribution in [3.63, 3.8) is 0 Å². The van der Waals surface area contributed by atoms with Crippen LogP contribution >= 0.6 is 11.6 Å². The van der Waals surface area contributed by atoms with Crippen molar-refractivity contribution in [1.82, 2.24) is 30.2 Å². The predicted molar refractivity (Wildman–Crippen MR) is 107 cm³/mol. The molecule has 0 saturated carbocycles. The van der Waals surface area contributed by atoms with E-state index in [0.717, 1.165) is 5.56 Å². The second-order valence-corrected chi connectivity index (χ2v) is 7.00. The minimum Gasteiger partial charge on any atom is -0.487 e. The van der Waals surface area contributed by atoms with Gasteiger partial charge in [0.1, 0.15) is 19.0 Å². The Morgan fingerprint density at radius 3 is 2.77 bits per heavy atom. The lowest BCUT2D eigenvalue weighted by Gasteiger charge is -2.19. The summed E-state index contributed by atoms with van der Waals surface area (Å²) in [6.45, 7) is 1.73. The van der Waals surface area contributed by atoms with Gasteiger partial charge < -0.3 is 10.1 Å². The second kappa shape index (κ2) is 7.99. The Morgan fingerprint density at radius 2 is 2.00 bits per heavy atom. The van der Waals surface area contributed by atoms with Gasteiger partial charge in [-0.3, -0.25) is 14.5 Å². The molecule has 0 fully saturated rings. The van der Waals surface area contributed by atoms with E-state index in [1.54, 1.807) is 25.5 Å². The fourth-order valence-corrected chi connectivity index (χ4v) is 3.09. The zero-order chi connectivity index (χ0) is 21.3. The van der Waals surface area contributed by atoms with Gasteiger partial charge in [-0.05, 0) is 12.5 Å². The minimum absolute atomic E-state index is 0.0853. The first-order valence-corrected chi connectivity index (χ1v) is 9.27. The van der Waals surface area contributed by atoms with Crippen LogP contribution in [0.25, 0.3) is 11.3 Å². The number of amides is 2. The first kappa shape index (κ1) is 19.6. The molecule has 1 aliphatic rings. The summed E-state index contributed by atoms with van der Waals surface area (Å²) in [6, 6.07) is 0.610. The number of carbonyl (C=O) groups excluding carboxylic acids is 2. The molecule has 1 atom stereocenters. The highest BCUT2D eigenvalue weighted by Crippen LogP contribution is 2.30. The molecule has 0 saturated heterocycles. The van der Waals surface area contributed by atoms with Crippen molar-refractivity contribution in [3.8, 4) is 17.0 Å². The van der Waals surface area contributed by atoms with Crippen LogP contribution in [0.4, 0.5) is 5.82 Å². The molecule has 0 spiro atoms. The Hall–Kier alpha value is -3.66. The second-order valence-electron chi connectivity index (χ2n) is 6.56. The van der Waals surface area contributed by atoms with Crippen LogP contribution in [0.3, 0.4) is 0 Å². The highest BCUT2D eigenvalue weighted by Gasteiger charge is 2.32. The molecule has 0 radical (unpaired) electrons. The van der Waals surface area contributed by atoms with Crippen molar-refractivity contribution in [2.75, 3.05) is 18.6 Å². The SMILES string of the molecule is Cc1cnc(C(=O)N[C@H]2COc3cc(Cl)cnc3N(C)C2=O)nc1-c1cncnc1. The Morgan fingerprint density at radius 1 is 1.23 bits per heavy atom. The first-order chi connectivity index (χ1) is 14.4. The number of nitrogens with one attached hydrogen (secondary N) is 1. The molecule has 0 aliphatic carbocycles. The molecule has 1 N–H and O–H groups in total. The standard InChI is InChI=1S/C19H16ClN7O3/c1-10-4-23-16(26-15(10)11-5-21-9-22-6-11)18(28)25-13-8-30-14-3-12(20)7-24-17(14)27(2)19(13)29/h3-7,9,13H,8H2,1-2H3,(H,25,28)/t13-/m0/s1. The summed E-state index contributed by atoms with van der Waals surface area (Å²) in [5, 5.41) is 3.01. The van der Waals surface area contributed by atoms with Crippen LogP contribution in [-0.2, 0) is 4.79 Å². The van der Waals surface area contributed by atoms with Crippen LogP contribution in [0.1, 0.15) is 16.2 Å². The van der Waals surface area contributed by atoms with Gasteiger partial charge in [-0.1, -0.05) is 11.6 Å². The Labute approximate surface area is 176 Å². The summed E-state index contributed by atoms with van der Waals surface area (Å²) in [5.74, 6) is -0.411. The van der Waals surface area contributed by atoms with Crippen molar-refractivity contribution in [2.45, 2.75) is 13.0 Å². The average molecular weight is 426 g/mol. The molecule has 30 heavy (non-hydrogen) atoms. The third-order valence-electron chi connectivity index (χ3n) is 4.47. The van der Waals surface area contributed by atoms with Crippen molar-refractivity contribution in [2.24, 2.45) is 0 Å². The van der Waals surface area contributed by atoms with E-state index in [-0.39, 0.29) is 18.3 Å². The number of pyridine rings is 1. The molecule has 10 nitrogen and oxygen atoms in total. The molecule has 4 heterocycles. The van der Waals surface area contributed by atoms with Crippen molar-refractivity contribution < 1.29 is 14.3 Å². The lowest BCUT2D eigenvalue weighted by Crippen LogP contribution is -2.49. The number of anilines is 1. The van der Waals surface area contributed by atoms with Crippen LogP contribution < -0.4 is 15.0 Å². The quantitative estimate of drug-likeness (QED) is 0.668. The smallest absolute Gasteiger partial charge is 0.289 e. The third kappa shape index (κ3) is 3.77. The van der Waals surface area contributed by atoms with Crippen LogP contribution in [0.5, 0.6) is 5.75 Å². The Kier molecular flexibility index (Phi) is 5.23. The van der Waals surface area contributed by atoms with Gasteiger partial charge in [0.2, 0.25) is 5.82 Å². The number of fused-ring (bicyclic) bond motifs is 1. The number of hydrogen-bond acceptors (Lipinski definition) is 8. The summed E-state index contributed by atoms with van der Waals surface area (Å²) in [7, 11) is 1.55. The zero-order valence-electron chi connectivity index (χ0n) is 16.0. The molecule has 2 amide bonds. The van der Waals surface area contributed by atoms with Gasteiger partial charge in [-0.2, -0.15) is 0 Å². The van der Waals surface area contributed by atoms with Crippen LogP contribution in [-0.4, -0.2) is 56.4 Å². The van der Waals surface area contributed by atoms with Gasteiger partial charge in [-0.15, -0.1) is 0 Å².